The Morgan fingerprint density at radius 1 is 1.06 bits per heavy atom. The molecule has 0 fully saturated rings. The number of thioether (sulfide) groups is 1. The van der Waals surface area contributed by atoms with Crippen LogP contribution in [0.15, 0.2) is 66.0 Å². The highest BCUT2D eigenvalue weighted by molar-refractivity contribution is 7.98. The third-order valence-electron chi connectivity index (χ3n) is 4.48. The normalized spacial score (nSPS) is 11.7. The van der Waals surface area contributed by atoms with E-state index in [-0.39, 0.29) is 38.4 Å². The van der Waals surface area contributed by atoms with Crippen LogP contribution < -0.4 is 5.32 Å². The second-order valence-electron chi connectivity index (χ2n) is 6.54. The van der Waals surface area contributed by atoms with E-state index in [0.717, 1.165) is 4.90 Å². The molecule has 0 spiro atoms. The quantitative estimate of drug-likeness (QED) is 0.316. The summed E-state index contributed by atoms with van der Waals surface area (Å²) < 4.78 is 42.6. The number of nitrogens with one attached hydrogen (secondary N) is 1. The molecule has 3 aromatic heterocycles. The number of aromatic nitrogens is 3. The van der Waals surface area contributed by atoms with Crippen molar-refractivity contribution in [3.63, 3.8) is 0 Å². The number of alkyl halides is 3. The molecule has 0 aliphatic carbocycles. The topological polar surface area (TPSA) is 59.3 Å². The van der Waals surface area contributed by atoms with E-state index in [1.54, 1.807) is 30.6 Å². The van der Waals surface area contributed by atoms with E-state index in [0.29, 0.717) is 0 Å². The molecule has 1 amide bonds. The van der Waals surface area contributed by atoms with E-state index in [9.17, 15) is 18.0 Å². The highest BCUT2D eigenvalue weighted by atomic mass is 35.5. The molecule has 0 aliphatic rings. The molecule has 5 nitrogen and oxygen atoms in total. The molecule has 0 unspecified atom stereocenters. The molecule has 11 heteroatoms. The Labute approximate surface area is 194 Å². The Morgan fingerprint density at radius 3 is 2.41 bits per heavy atom. The lowest BCUT2D eigenvalue weighted by Gasteiger charge is -2.10. The van der Waals surface area contributed by atoms with Crippen molar-refractivity contribution in [2.75, 3.05) is 5.32 Å². The number of anilines is 1. The SMILES string of the molecule is O=C(Nc1cccn2c(CSc3ccncc3)c(C(F)(F)F)nc12)c1c(Cl)cccc1Cl. The molecule has 1 aromatic carbocycles. The van der Waals surface area contributed by atoms with Crippen LogP contribution in [0.4, 0.5) is 18.9 Å². The fraction of sp³-hybridized carbons (Fsp3) is 0.0952. The maximum absolute atomic E-state index is 13.8. The molecule has 0 aliphatic heterocycles. The van der Waals surface area contributed by atoms with Gasteiger partial charge in [-0.1, -0.05) is 29.3 Å². The zero-order valence-corrected chi connectivity index (χ0v) is 18.4. The largest absolute Gasteiger partial charge is 0.435 e. The molecule has 4 rings (SSSR count). The molecule has 164 valence electrons. The summed E-state index contributed by atoms with van der Waals surface area (Å²) in [4.78, 5) is 21.2. The van der Waals surface area contributed by atoms with Crippen LogP contribution in [-0.4, -0.2) is 20.3 Å². The third-order valence-corrected chi connectivity index (χ3v) is 6.13. The van der Waals surface area contributed by atoms with Gasteiger partial charge in [-0.15, -0.1) is 11.8 Å². The van der Waals surface area contributed by atoms with Crippen LogP contribution in [0.25, 0.3) is 5.65 Å². The third kappa shape index (κ3) is 4.55. The lowest BCUT2D eigenvalue weighted by atomic mass is 10.2. The minimum absolute atomic E-state index is 0.00770. The zero-order chi connectivity index (χ0) is 22.9. The van der Waals surface area contributed by atoms with E-state index < -0.39 is 17.8 Å². The molecular formula is C21H13Cl2F3N4OS. The smallest absolute Gasteiger partial charge is 0.319 e. The van der Waals surface area contributed by atoms with Crippen molar-refractivity contribution in [2.45, 2.75) is 16.8 Å². The fourth-order valence-corrected chi connectivity index (χ4v) is 4.53. The van der Waals surface area contributed by atoms with Crippen molar-refractivity contribution in [3.05, 3.63) is 88.1 Å². The number of imidazole rings is 1. The van der Waals surface area contributed by atoms with Gasteiger partial charge in [-0.05, 0) is 36.4 Å². The van der Waals surface area contributed by atoms with Crippen LogP contribution in [-0.2, 0) is 11.9 Å². The molecule has 0 saturated heterocycles. The van der Waals surface area contributed by atoms with Crippen molar-refractivity contribution in [1.29, 1.82) is 0 Å². The Bertz CT molecular complexity index is 1280. The molecule has 3 heterocycles. The molecule has 0 bridgehead atoms. The molecule has 0 atom stereocenters. The first-order chi connectivity index (χ1) is 15.3. The predicted octanol–water partition coefficient (Wildman–Crippen LogP) is 6.60. The van der Waals surface area contributed by atoms with Gasteiger partial charge in [0.25, 0.3) is 5.91 Å². The van der Waals surface area contributed by atoms with E-state index in [1.165, 1.54) is 46.6 Å². The predicted molar refractivity (Wildman–Crippen MR) is 118 cm³/mol. The maximum Gasteiger partial charge on any atom is 0.435 e. The van der Waals surface area contributed by atoms with Gasteiger partial charge in [-0.2, -0.15) is 13.2 Å². The van der Waals surface area contributed by atoms with Crippen LogP contribution in [0.3, 0.4) is 0 Å². The molecule has 0 saturated carbocycles. The number of hydrogen-bond donors (Lipinski definition) is 1. The minimum Gasteiger partial charge on any atom is -0.319 e. The van der Waals surface area contributed by atoms with Crippen molar-refractivity contribution in [2.24, 2.45) is 0 Å². The second kappa shape index (κ2) is 9.01. The molecule has 1 N–H and O–H groups in total. The molecule has 0 radical (unpaired) electrons. The average molecular weight is 497 g/mol. The van der Waals surface area contributed by atoms with Gasteiger partial charge in [0.05, 0.1) is 27.0 Å². The average Bonchev–Trinajstić information content (AvgIpc) is 3.13. The highest BCUT2D eigenvalue weighted by Gasteiger charge is 2.38. The van der Waals surface area contributed by atoms with Crippen LogP contribution in [0.1, 0.15) is 21.7 Å². The fourth-order valence-electron chi connectivity index (χ4n) is 3.06. The van der Waals surface area contributed by atoms with Gasteiger partial charge in [0.2, 0.25) is 0 Å². The van der Waals surface area contributed by atoms with E-state index in [4.69, 9.17) is 23.2 Å². The monoisotopic (exact) mass is 496 g/mol. The van der Waals surface area contributed by atoms with Gasteiger partial charge in [-0.25, -0.2) is 4.98 Å². The lowest BCUT2D eigenvalue weighted by molar-refractivity contribution is -0.141. The molecular weight excluding hydrogens is 484 g/mol. The Hall–Kier alpha value is -2.75. The zero-order valence-electron chi connectivity index (χ0n) is 16.0. The number of fused-ring (bicyclic) bond motifs is 1. The minimum atomic E-state index is -4.67. The van der Waals surface area contributed by atoms with Gasteiger partial charge in [0.1, 0.15) is 0 Å². The number of carbonyl (C=O) groups is 1. The number of hydrogen-bond acceptors (Lipinski definition) is 4. The first-order valence-electron chi connectivity index (χ1n) is 9.11. The van der Waals surface area contributed by atoms with Crippen molar-refractivity contribution in [3.8, 4) is 0 Å². The van der Waals surface area contributed by atoms with Gasteiger partial charge in [0.15, 0.2) is 11.3 Å². The Morgan fingerprint density at radius 2 is 1.75 bits per heavy atom. The van der Waals surface area contributed by atoms with Gasteiger partial charge < -0.3 is 9.72 Å². The summed E-state index contributed by atoms with van der Waals surface area (Å²) in [5.41, 5.74) is -0.979. The number of carbonyl (C=O) groups excluding carboxylic acids is 1. The summed E-state index contributed by atoms with van der Waals surface area (Å²) in [6.07, 6.45) is -0.0738. The van der Waals surface area contributed by atoms with E-state index in [2.05, 4.69) is 15.3 Å². The first-order valence-corrected chi connectivity index (χ1v) is 10.8. The number of rotatable bonds is 5. The lowest BCUT2D eigenvalue weighted by Crippen LogP contribution is -2.14. The Balaban J connectivity index is 1.74. The number of amides is 1. The van der Waals surface area contributed by atoms with Crippen LogP contribution in [0, 0.1) is 0 Å². The standard InChI is InChI=1S/C21H13Cl2F3N4OS/c22-13-3-1-4-14(23)17(13)20(31)28-15-5-2-10-30-16(11-32-12-6-8-27-9-7-12)18(21(24,25)26)29-19(15)30/h1-10H,11H2,(H,28,31). The number of pyridine rings is 2. The summed E-state index contributed by atoms with van der Waals surface area (Å²) in [7, 11) is 0. The van der Waals surface area contributed by atoms with Crippen LogP contribution in [0.5, 0.6) is 0 Å². The van der Waals surface area contributed by atoms with Gasteiger partial charge >= 0.3 is 6.18 Å². The summed E-state index contributed by atoms with van der Waals surface area (Å²) in [5, 5.41) is 2.82. The second-order valence-corrected chi connectivity index (χ2v) is 8.41. The number of halogens is 5. The molecule has 32 heavy (non-hydrogen) atoms. The van der Waals surface area contributed by atoms with Crippen LogP contribution in [0.2, 0.25) is 10.0 Å². The van der Waals surface area contributed by atoms with E-state index >= 15 is 0 Å². The maximum atomic E-state index is 13.8. The summed E-state index contributed by atoms with van der Waals surface area (Å²) >= 11 is 13.4. The number of nitrogens with zero attached hydrogens (tertiary/aromatic N) is 3. The Kier molecular flexibility index (Phi) is 6.32. The van der Waals surface area contributed by atoms with E-state index in [1.807, 2.05) is 0 Å². The van der Waals surface area contributed by atoms with Gasteiger partial charge in [0, 0.05) is 29.2 Å². The van der Waals surface area contributed by atoms with Gasteiger partial charge in [-0.3, -0.25) is 9.78 Å². The van der Waals surface area contributed by atoms with Crippen molar-refractivity contribution < 1.29 is 18.0 Å². The highest BCUT2D eigenvalue weighted by Crippen LogP contribution is 2.36. The summed E-state index contributed by atoms with van der Waals surface area (Å²) in [6, 6.07) is 11.0. The molecule has 4 aromatic rings. The van der Waals surface area contributed by atoms with Crippen molar-refractivity contribution >= 4 is 52.2 Å². The first kappa shape index (κ1) is 22.4. The summed E-state index contributed by atoms with van der Waals surface area (Å²) in [5.74, 6) is -0.647. The summed E-state index contributed by atoms with van der Waals surface area (Å²) in [6.45, 7) is 0. The number of benzene rings is 1. The van der Waals surface area contributed by atoms with Crippen molar-refractivity contribution in [1.82, 2.24) is 14.4 Å². The van der Waals surface area contributed by atoms with Crippen LogP contribution >= 0.6 is 35.0 Å².